The smallest absolute Gasteiger partial charge is 0.123 e. The molecule has 0 aliphatic rings. The van der Waals surface area contributed by atoms with Gasteiger partial charge >= 0.3 is 0 Å². The second-order valence-corrected chi connectivity index (χ2v) is 5.77. The lowest BCUT2D eigenvalue weighted by Crippen LogP contribution is -2.22. The molecule has 0 radical (unpaired) electrons. The Labute approximate surface area is 131 Å². The molecule has 0 saturated carbocycles. The molecule has 2 nitrogen and oxygen atoms in total. The number of rotatable bonds is 4. The van der Waals surface area contributed by atoms with E-state index in [9.17, 15) is 4.39 Å². The van der Waals surface area contributed by atoms with Gasteiger partial charge in [-0.3, -0.25) is 0 Å². The molecule has 0 fully saturated rings. The molecule has 0 amide bonds. The van der Waals surface area contributed by atoms with Gasteiger partial charge < -0.3 is 10.6 Å². The normalized spacial score (nSPS) is 10.3. The van der Waals surface area contributed by atoms with Crippen LogP contribution in [0.5, 0.6) is 0 Å². The summed E-state index contributed by atoms with van der Waals surface area (Å²) < 4.78 is 13.8. The maximum absolute atomic E-state index is 12.9. The van der Waals surface area contributed by atoms with Crippen molar-refractivity contribution < 1.29 is 4.39 Å². The summed E-state index contributed by atoms with van der Waals surface area (Å²) in [6, 6.07) is 12.3. The quantitative estimate of drug-likeness (QED) is 0.847. The highest BCUT2D eigenvalue weighted by molar-refractivity contribution is 9.10. The predicted molar refractivity (Wildman–Crippen MR) is 88.5 cm³/mol. The molecule has 0 aliphatic carbocycles. The number of nitrogens with zero attached hydrogens (tertiary/aromatic N) is 1. The van der Waals surface area contributed by atoms with Crippen molar-refractivity contribution in [3.8, 4) is 0 Å². The molecule has 0 aliphatic heterocycles. The first kappa shape index (κ1) is 14.9. The molecule has 0 aromatic heterocycles. The van der Waals surface area contributed by atoms with Gasteiger partial charge in [0.2, 0.25) is 0 Å². The van der Waals surface area contributed by atoms with Gasteiger partial charge in [0, 0.05) is 29.3 Å². The SMILES string of the molecule is CN(Cc1ccc(F)cc1)c1cccc(Br)c1C(N)=S. The zero-order chi connectivity index (χ0) is 14.7. The summed E-state index contributed by atoms with van der Waals surface area (Å²) in [6.07, 6.45) is 0. The molecular formula is C15H14BrFN2S. The van der Waals surface area contributed by atoms with Crippen LogP contribution in [0.1, 0.15) is 11.1 Å². The van der Waals surface area contributed by atoms with Gasteiger partial charge in [-0.2, -0.15) is 0 Å². The number of thiocarbonyl (C=S) groups is 1. The molecule has 0 saturated heterocycles. The zero-order valence-corrected chi connectivity index (χ0v) is 13.3. The fourth-order valence-electron chi connectivity index (χ4n) is 2.02. The summed E-state index contributed by atoms with van der Waals surface area (Å²) in [5.41, 5.74) is 8.56. The van der Waals surface area contributed by atoms with Crippen molar-refractivity contribution in [3.05, 3.63) is 63.9 Å². The summed E-state index contributed by atoms with van der Waals surface area (Å²) in [5.74, 6) is -0.234. The third kappa shape index (κ3) is 3.35. The number of nitrogens with two attached hydrogens (primary N) is 1. The molecule has 0 heterocycles. The average Bonchev–Trinajstić information content (AvgIpc) is 2.40. The Morgan fingerprint density at radius 2 is 1.90 bits per heavy atom. The first-order valence-corrected chi connectivity index (χ1v) is 7.23. The van der Waals surface area contributed by atoms with Crippen molar-refractivity contribution in [1.82, 2.24) is 0 Å². The Bertz CT molecular complexity index is 628. The maximum Gasteiger partial charge on any atom is 0.123 e. The molecule has 2 aromatic rings. The van der Waals surface area contributed by atoms with Crippen LogP contribution >= 0.6 is 28.1 Å². The van der Waals surface area contributed by atoms with Crippen molar-refractivity contribution in [1.29, 1.82) is 0 Å². The largest absolute Gasteiger partial charge is 0.389 e. The molecule has 0 bridgehead atoms. The number of halogens is 2. The maximum atomic E-state index is 12.9. The standard InChI is InChI=1S/C15H14BrFN2S/c1-19(9-10-5-7-11(17)8-6-10)13-4-2-3-12(16)14(13)15(18)20/h2-8H,9H2,1H3,(H2,18,20). The third-order valence-corrected chi connectivity index (χ3v) is 3.85. The zero-order valence-electron chi connectivity index (χ0n) is 10.9. The van der Waals surface area contributed by atoms with Gasteiger partial charge in [-0.1, -0.05) is 30.4 Å². The van der Waals surface area contributed by atoms with Crippen LogP contribution in [-0.2, 0) is 6.54 Å². The highest BCUT2D eigenvalue weighted by atomic mass is 79.9. The second kappa shape index (κ2) is 6.33. The van der Waals surface area contributed by atoms with Gasteiger partial charge in [-0.15, -0.1) is 0 Å². The van der Waals surface area contributed by atoms with Gasteiger partial charge in [-0.05, 0) is 45.8 Å². The summed E-state index contributed by atoms with van der Waals surface area (Å²) in [7, 11) is 1.95. The first-order chi connectivity index (χ1) is 9.49. The van der Waals surface area contributed by atoms with E-state index in [1.54, 1.807) is 12.1 Å². The lowest BCUT2D eigenvalue weighted by atomic mass is 10.1. The molecule has 0 unspecified atom stereocenters. The Morgan fingerprint density at radius 3 is 2.50 bits per heavy atom. The van der Waals surface area contributed by atoms with Crippen molar-refractivity contribution >= 4 is 38.8 Å². The molecule has 0 spiro atoms. The Kier molecular flexibility index (Phi) is 4.73. The second-order valence-electron chi connectivity index (χ2n) is 4.48. The van der Waals surface area contributed by atoms with E-state index in [1.165, 1.54) is 12.1 Å². The van der Waals surface area contributed by atoms with E-state index in [2.05, 4.69) is 15.9 Å². The van der Waals surface area contributed by atoms with E-state index in [-0.39, 0.29) is 5.82 Å². The summed E-state index contributed by atoms with van der Waals surface area (Å²) in [6.45, 7) is 0.645. The molecular weight excluding hydrogens is 339 g/mol. The molecule has 5 heteroatoms. The average molecular weight is 353 g/mol. The lowest BCUT2D eigenvalue weighted by molar-refractivity contribution is 0.627. The minimum Gasteiger partial charge on any atom is -0.389 e. The molecule has 104 valence electrons. The van der Waals surface area contributed by atoms with Crippen molar-refractivity contribution in [2.45, 2.75) is 6.54 Å². The highest BCUT2D eigenvalue weighted by Crippen LogP contribution is 2.28. The lowest BCUT2D eigenvalue weighted by Gasteiger charge is -2.23. The first-order valence-electron chi connectivity index (χ1n) is 6.03. The fraction of sp³-hybridized carbons (Fsp3) is 0.133. The van der Waals surface area contributed by atoms with E-state index < -0.39 is 0 Å². The van der Waals surface area contributed by atoms with E-state index in [4.69, 9.17) is 18.0 Å². The van der Waals surface area contributed by atoms with Crippen LogP contribution in [-0.4, -0.2) is 12.0 Å². The van der Waals surface area contributed by atoms with Crippen LogP contribution in [0.3, 0.4) is 0 Å². The number of anilines is 1. The monoisotopic (exact) mass is 352 g/mol. The molecule has 20 heavy (non-hydrogen) atoms. The molecule has 2 N–H and O–H groups in total. The predicted octanol–water partition coefficient (Wildman–Crippen LogP) is 3.86. The van der Waals surface area contributed by atoms with Crippen LogP contribution in [0.25, 0.3) is 0 Å². The highest BCUT2D eigenvalue weighted by Gasteiger charge is 2.13. The topological polar surface area (TPSA) is 29.3 Å². The van der Waals surface area contributed by atoms with Crippen LogP contribution in [0.4, 0.5) is 10.1 Å². The van der Waals surface area contributed by atoms with Gasteiger partial charge in [0.1, 0.15) is 10.8 Å². The minimum absolute atomic E-state index is 0.234. The van der Waals surface area contributed by atoms with Gasteiger partial charge in [-0.25, -0.2) is 4.39 Å². The van der Waals surface area contributed by atoms with E-state index in [0.29, 0.717) is 11.5 Å². The summed E-state index contributed by atoms with van der Waals surface area (Å²) >= 11 is 8.58. The van der Waals surface area contributed by atoms with Crippen LogP contribution < -0.4 is 10.6 Å². The third-order valence-electron chi connectivity index (χ3n) is 2.98. The molecule has 2 rings (SSSR count). The van der Waals surface area contributed by atoms with Crippen LogP contribution in [0, 0.1) is 5.82 Å². The minimum atomic E-state index is -0.234. The molecule has 2 aromatic carbocycles. The summed E-state index contributed by atoms with van der Waals surface area (Å²) in [5, 5.41) is 0. The van der Waals surface area contributed by atoms with Crippen LogP contribution in [0.2, 0.25) is 0 Å². The Morgan fingerprint density at radius 1 is 1.25 bits per heavy atom. The number of benzene rings is 2. The van der Waals surface area contributed by atoms with E-state index in [0.717, 1.165) is 21.3 Å². The van der Waals surface area contributed by atoms with Gasteiger partial charge in [0.05, 0.1) is 0 Å². The Hall–Kier alpha value is -1.46. The van der Waals surface area contributed by atoms with Crippen molar-refractivity contribution in [2.24, 2.45) is 5.73 Å². The van der Waals surface area contributed by atoms with Gasteiger partial charge in [0.25, 0.3) is 0 Å². The number of hydrogen-bond acceptors (Lipinski definition) is 2. The van der Waals surface area contributed by atoms with Crippen molar-refractivity contribution in [3.63, 3.8) is 0 Å². The van der Waals surface area contributed by atoms with Crippen molar-refractivity contribution in [2.75, 3.05) is 11.9 Å². The summed E-state index contributed by atoms with van der Waals surface area (Å²) in [4.78, 5) is 2.38. The molecule has 0 atom stereocenters. The number of hydrogen-bond donors (Lipinski definition) is 1. The Balaban J connectivity index is 2.29. The van der Waals surface area contributed by atoms with Crippen LogP contribution in [0.15, 0.2) is 46.9 Å². The van der Waals surface area contributed by atoms with E-state index >= 15 is 0 Å². The fourth-order valence-corrected chi connectivity index (χ4v) is 2.94. The van der Waals surface area contributed by atoms with E-state index in [1.807, 2.05) is 30.1 Å². The van der Waals surface area contributed by atoms with Gasteiger partial charge in [0.15, 0.2) is 0 Å².